The molecule has 1 aliphatic rings. The number of benzene rings is 1. The molecule has 10 nitrogen and oxygen atoms in total. The Morgan fingerprint density at radius 1 is 1.21 bits per heavy atom. The van der Waals surface area contributed by atoms with Crippen molar-refractivity contribution in [2.75, 3.05) is 7.11 Å². The molecule has 3 rings (SSSR count). The molecule has 11 heteroatoms. The van der Waals surface area contributed by atoms with Crippen molar-refractivity contribution in [2.24, 2.45) is 5.73 Å². The molecular weight excluding hydrogens is 462 g/mol. The Morgan fingerprint density at radius 2 is 1.91 bits per heavy atom. The second-order valence-corrected chi connectivity index (χ2v) is 9.44. The average molecular weight is 492 g/mol. The van der Waals surface area contributed by atoms with Crippen LogP contribution in [0.3, 0.4) is 0 Å². The smallest absolute Gasteiger partial charge is 0.252 e. The van der Waals surface area contributed by atoms with E-state index in [9.17, 15) is 29.7 Å². The van der Waals surface area contributed by atoms with Crippen LogP contribution >= 0.6 is 11.3 Å². The number of thiophene rings is 1. The van der Waals surface area contributed by atoms with Gasteiger partial charge in [0.15, 0.2) is 0 Å². The average Bonchev–Trinajstić information content (AvgIpc) is 3.30. The van der Waals surface area contributed by atoms with E-state index >= 15 is 0 Å². The third-order valence-corrected chi connectivity index (χ3v) is 6.72. The zero-order valence-corrected chi connectivity index (χ0v) is 19.5. The second kappa shape index (κ2) is 11.0. The minimum absolute atomic E-state index is 0.0627. The van der Waals surface area contributed by atoms with Crippen LogP contribution in [-0.2, 0) is 27.2 Å². The molecule has 0 radical (unpaired) electrons. The summed E-state index contributed by atoms with van der Waals surface area (Å²) < 4.78 is 5.10. The largest absolute Gasteiger partial charge is 0.497 e. The Kier molecular flexibility index (Phi) is 8.26. The Morgan fingerprint density at radius 3 is 2.50 bits per heavy atom. The molecule has 1 aliphatic carbocycles. The summed E-state index contributed by atoms with van der Waals surface area (Å²) in [5.74, 6) is -1.52. The quantitative estimate of drug-likeness (QED) is 0.268. The predicted octanol–water partition coefficient (Wildman–Crippen LogP) is -0.756. The lowest BCUT2D eigenvalue weighted by atomic mass is 9.77. The highest BCUT2D eigenvalue weighted by Crippen LogP contribution is 2.30. The summed E-state index contributed by atoms with van der Waals surface area (Å²) in [7, 11) is 1.52. The molecule has 0 spiro atoms. The van der Waals surface area contributed by atoms with Gasteiger partial charge < -0.3 is 36.4 Å². The Balaban J connectivity index is 1.67. The number of aliphatic hydroxyl groups excluding tert-OH is 2. The first-order chi connectivity index (χ1) is 16.1. The van der Waals surface area contributed by atoms with Crippen LogP contribution < -0.4 is 21.1 Å². The van der Waals surface area contributed by atoms with Crippen molar-refractivity contribution < 1.29 is 34.4 Å². The van der Waals surface area contributed by atoms with E-state index in [-0.39, 0.29) is 19.3 Å². The minimum atomic E-state index is -2.13. The summed E-state index contributed by atoms with van der Waals surface area (Å²) in [5.41, 5.74) is 4.03. The second-order valence-electron chi connectivity index (χ2n) is 8.41. The molecule has 1 fully saturated rings. The third-order valence-electron chi connectivity index (χ3n) is 5.84. The lowest BCUT2D eigenvalue weighted by Gasteiger charge is -2.41. The Hall–Kier alpha value is -2.99. The van der Waals surface area contributed by atoms with E-state index in [1.54, 1.807) is 36.4 Å². The molecule has 7 N–H and O–H groups in total. The van der Waals surface area contributed by atoms with E-state index in [2.05, 4.69) is 10.6 Å². The van der Waals surface area contributed by atoms with Crippen LogP contribution in [-0.4, -0.2) is 70.0 Å². The van der Waals surface area contributed by atoms with Gasteiger partial charge in [-0.15, -0.1) is 11.3 Å². The Bertz CT molecular complexity index is 999. The van der Waals surface area contributed by atoms with Crippen molar-refractivity contribution in [2.45, 2.75) is 55.6 Å². The van der Waals surface area contributed by atoms with Gasteiger partial charge in [-0.25, -0.2) is 0 Å². The standard InChI is InChI=1S/C23H29N3O7S/c1-33-14-6-4-13(5-7-14)9-16(21(24)30)26-22(31)23(32)11-17(20(29)18(27)12-23)25-19(28)10-15-3-2-8-34-15/h2-8,16-18,20,27,29,32H,9-12H2,1H3,(H2,24,30)(H,25,28)(H,26,31)/t16-,17-,18+,20+,23+/m0/s1. The molecule has 5 atom stereocenters. The van der Waals surface area contributed by atoms with Crippen LogP contribution in [0.25, 0.3) is 0 Å². The SMILES string of the molecule is COc1ccc(C[C@H](NC(=O)[C@]2(O)C[C@@H](O)[C@H](O)[C@@H](NC(=O)Cc3cccs3)C2)C(N)=O)cc1. The number of nitrogens with one attached hydrogen (secondary N) is 2. The molecule has 2 aromatic rings. The first-order valence-corrected chi connectivity index (χ1v) is 11.6. The van der Waals surface area contributed by atoms with E-state index < -0.39 is 54.0 Å². The number of nitrogens with two attached hydrogens (primary N) is 1. The van der Waals surface area contributed by atoms with E-state index in [0.29, 0.717) is 11.3 Å². The topological polar surface area (TPSA) is 171 Å². The number of hydrogen-bond acceptors (Lipinski definition) is 8. The van der Waals surface area contributed by atoms with Gasteiger partial charge >= 0.3 is 0 Å². The van der Waals surface area contributed by atoms with E-state index in [1.807, 2.05) is 5.38 Å². The fourth-order valence-electron chi connectivity index (χ4n) is 3.97. The highest BCUT2D eigenvalue weighted by molar-refractivity contribution is 7.10. The predicted molar refractivity (Wildman–Crippen MR) is 124 cm³/mol. The van der Waals surface area contributed by atoms with Crippen molar-refractivity contribution >= 4 is 29.1 Å². The molecule has 1 saturated carbocycles. The first-order valence-electron chi connectivity index (χ1n) is 10.7. The van der Waals surface area contributed by atoms with Crippen molar-refractivity contribution in [3.05, 3.63) is 52.2 Å². The number of primary amides is 1. The molecular formula is C23H29N3O7S. The van der Waals surface area contributed by atoms with Crippen molar-refractivity contribution in [1.82, 2.24) is 10.6 Å². The fraction of sp³-hybridized carbons (Fsp3) is 0.435. The normalized spacial score (nSPS) is 25.2. The number of amides is 3. The number of aliphatic hydroxyl groups is 3. The summed E-state index contributed by atoms with van der Waals surface area (Å²) in [5, 5.41) is 38.5. The van der Waals surface area contributed by atoms with Crippen molar-refractivity contribution in [3.8, 4) is 5.75 Å². The van der Waals surface area contributed by atoms with E-state index in [4.69, 9.17) is 10.5 Å². The maximum absolute atomic E-state index is 13.0. The van der Waals surface area contributed by atoms with E-state index in [1.165, 1.54) is 18.4 Å². The molecule has 0 aliphatic heterocycles. The molecule has 3 amide bonds. The van der Waals surface area contributed by atoms with Gasteiger partial charge in [-0.3, -0.25) is 14.4 Å². The number of ether oxygens (including phenoxy) is 1. The summed E-state index contributed by atoms with van der Waals surface area (Å²) in [6.07, 6.45) is -3.51. The fourth-order valence-corrected chi connectivity index (χ4v) is 4.67. The number of hydrogen-bond donors (Lipinski definition) is 6. The van der Waals surface area contributed by atoms with Crippen LogP contribution in [0, 0.1) is 0 Å². The first kappa shape index (κ1) is 25.6. The zero-order valence-electron chi connectivity index (χ0n) is 18.6. The number of rotatable bonds is 9. The number of carbonyl (C=O) groups excluding carboxylic acids is 3. The van der Waals surface area contributed by atoms with Gasteiger partial charge in [0.2, 0.25) is 11.8 Å². The molecule has 0 unspecified atom stereocenters. The molecule has 34 heavy (non-hydrogen) atoms. The third kappa shape index (κ3) is 6.32. The number of carbonyl (C=O) groups is 3. The maximum atomic E-state index is 13.0. The van der Waals surface area contributed by atoms with Gasteiger partial charge in [0, 0.05) is 24.1 Å². The Labute approximate surface area is 200 Å². The van der Waals surface area contributed by atoms with Crippen molar-refractivity contribution in [1.29, 1.82) is 0 Å². The monoisotopic (exact) mass is 491 g/mol. The summed E-state index contributed by atoms with van der Waals surface area (Å²) in [6, 6.07) is 8.23. The molecule has 184 valence electrons. The molecule has 1 aromatic carbocycles. The van der Waals surface area contributed by atoms with Crippen LogP contribution in [0.1, 0.15) is 23.3 Å². The lowest BCUT2D eigenvalue weighted by molar-refractivity contribution is -0.160. The van der Waals surface area contributed by atoms with Crippen LogP contribution in [0.5, 0.6) is 5.75 Å². The van der Waals surface area contributed by atoms with Gasteiger partial charge in [0.1, 0.15) is 23.5 Å². The molecule has 1 aromatic heterocycles. The highest BCUT2D eigenvalue weighted by atomic mass is 32.1. The van der Waals surface area contributed by atoms with Gasteiger partial charge in [-0.2, -0.15) is 0 Å². The molecule has 0 bridgehead atoms. The summed E-state index contributed by atoms with van der Waals surface area (Å²) in [6.45, 7) is 0. The van der Waals surface area contributed by atoms with E-state index in [0.717, 1.165) is 4.88 Å². The zero-order chi connectivity index (χ0) is 24.9. The van der Waals surface area contributed by atoms with Crippen LogP contribution in [0.15, 0.2) is 41.8 Å². The summed E-state index contributed by atoms with van der Waals surface area (Å²) >= 11 is 1.39. The van der Waals surface area contributed by atoms with Gasteiger partial charge in [-0.05, 0) is 29.1 Å². The van der Waals surface area contributed by atoms with Crippen LogP contribution in [0.4, 0.5) is 0 Å². The van der Waals surface area contributed by atoms with Gasteiger partial charge in [0.25, 0.3) is 5.91 Å². The highest BCUT2D eigenvalue weighted by Gasteiger charge is 2.49. The van der Waals surface area contributed by atoms with Crippen molar-refractivity contribution in [3.63, 3.8) is 0 Å². The van der Waals surface area contributed by atoms with Crippen LogP contribution in [0.2, 0.25) is 0 Å². The lowest BCUT2D eigenvalue weighted by Crippen LogP contribution is -2.64. The van der Waals surface area contributed by atoms with Gasteiger partial charge in [-0.1, -0.05) is 18.2 Å². The molecule has 0 saturated heterocycles. The number of methoxy groups -OCH3 is 1. The van der Waals surface area contributed by atoms with Gasteiger partial charge in [0.05, 0.1) is 25.7 Å². The minimum Gasteiger partial charge on any atom is -0.497 e. The maximum Gasteiger partial charge on any atom is 0.252 e. The summed E-state index contributed by atoms with van der Waals surface area (Å²) in [4.78, 5) is 38.1. The molecule has 1 heterocycles.